The highest BCUT2D eigenvalue weighted by atomic mass is 16.7. The largest absolute Gasteiger partial charge is 0.514 e. The lowest BCUT2D eigenvalue weighted by Gasteiger charge is -2.30. The van der Waals surface area contributed by atoms with Gasteiger partial charge >= 0.3 is 12.2 Å². The lowest BCUT2D eigenvalue weighted by molar-refractivity contribution is 0.0194. The Balaban J connectivity index is 2.15. The maximum atomic E-state index is 12.3. The van der Waals surface area contributed by atoms with E-state index in [9.17, 15) is 14.4 Å². The molecule has 0 radical (unpaired) electrons. The van der Waals surface area contributed by atoms with Crippen molar-refractivity contribution in [2.75, 3.05) is 6.54 Å². The van der Waals surface area contributed by atoms with Crippen LogP contribution in [0.4, 0.5) is 9.59 Å². The van der Waals surface area contributed by atoms with Gasteiger partial charge in [0.15, 0.2) is 5.78 Å². The number of Topliss-reactive ketones (excluding diaryl/α,β-unsaturated/α-hetero) is 1. The third kappa shape index (κ3) is 5.47. The van der Waals surface area contributed by atoms with Crippen LogP contribution in [-0.4, -0.2) is 40.7 Å². The molecule has 1 aromatic rings. The summed E-state index contributed by atoms with van der Waals surface area (Å²) in [5.41, 5.74) is -0.230. The summed E-state index contributed by atoms with van der Waals surface area (Å²) in [4.78, 5) is 37.7. The number of hydrogen-bond acceptors (Lipinski definition) is 6. The predicted octanol–water partition coefficient (Wildman–Crippen LogP) is 3.93. The minimum absolute atomic E-state index is 0.0474. The van der Waals surface area contributed by atoms with Crippen molar-refractivity contribution in [3.05, 3.63) is 29.3 Å². The van der Waals surface area contributed by atoms with Crippen molar-refractivity contribution >= 4 is 18.0 Å². The zero-order valence-corrected chi connectivity index (χ0v) is 16.0. The van der Waals surface area contributed by atoms with E-state index in [2.05, 4.69) is 0 Å². The molecule has 0 aliphatic carbocycles. The van der Waals surface area contributed by atoms with Gasteiger partial charge in [-0.25, -0.2) is 9.59 Å². The number of amides is 1. The molecule has 1 aliphatic heterocycles. The van der Waals surface area contributed by atoms with Gasteiger partial charge in [0.05, 0.1) is 13.1 Å². The number of ketones is 1. The number of carbonyl (C=O) groups excluding carboxylic acids is 3. The second-order valence-corrected chi connectivity index (χ2v) is 8.15. The van der Waals surface area contributed by atoms with Crippen LogP contribution >= 0.6 is 0 Å². The van der Waals surface area contributed by atoms with E-state index in [1.165, 1.54) is 11.0 Å². The molecule has 0 atom stereocenters. The van der Waals surface area contributed by atoms with E-state index in [0.717, 1.165) is 0 Å². The lowest BCUT2D eigenvalue weighted by Crippen LogP contribution is -2.42. The molecule has 0 spiro atoms. The maximum Gasteiger partial charge on any atom is 0.514 e. The molecule has 1 amide bonds. The number of rotatable bonds is 1. The highest BCUT2D eigenvalue weighted by Crippen LogP contribution is 2.26. The van der Waals surface area contributed by atoms with Crippen LogP contribution in [0.15, 0.2) is 18.2 Å². The molecule has 0 saturated heterocycles. The van der Waals surface area contributed by atoms with Crippen molar-refractivity contribution in [1.29, 1.82) is 0 Å². The molecule has 7 nitrogen and oxygen atoms in total. The topological polar surface area (TPSA) is 82.1 Å². The first kappa shape index (κ1) is 19.8. The molecule has 0 saturated carbocycles. The van der Waals surface area contributed by atoms with Gasteiger partial charge in [0, 0.05) is 5.56 Å². The average molecular weight is 363 g/mol. The molecule has 26 heavy (non-hydrogen) atoms. The third-order valence-electron chi connectivity index (χ3n) is 3.32. The summed E-state index contributed by atoms with van der Waals surface area (Å²) in [5.74, 6) is 0.0535. The molecule has 1 aliphatic rings. The average Bonchev–Trinajstić information content (AvgIpc) is 2.42. The molecular weight excluding hydrogens is 338 g/mol. The van der Waals surface area contributed by atoms with Crippen molar-refractivity contribution in [2.45, 2.75) is 59.3 Å². The fourth-order valence-electron chi connectivity index (χ4n) is 2.38. The second-order valence-electron chi connectivity index (χ2n) is 8.15. The van der Waals surface area contributed by atoms with Gasteiger partial charge in [-0.15, -0.1) is 0 Å². The van der Waals surface area contributed by atoms with Crippen LogP contribution in [0.25, 0.3) is 0 Å². The summed E-state index contributed by atoms with van der Waals surface area (Å²) in [6.07, 6.45) is -1.39. The lowest BCUT2D eigenvalue weighted by atomic mass is 9.98. The van der Waals surface area contributed by atoms with Gasteiger partial charge in [-0.05, 0) is 65.3 Å². The van der Waals surface area contributed by atoms with Crippen LogP contribution in [0.5, 0.6) is 5.75 Å². The number of benzene rings is 1. The van der Waals surface area contributed by atoms with Crippen molar-refractivity contribution < 1.29 is 28.6 Å². The van der Waals surface area contributed by atoms with E-state index in [1.807, 2.05) is 0 Å². The number of ether oxygens (including phenoxy) is 3. The number of carbonyl (C=O) groups is 3. The molecule has 0 unspecified atom stereocenters. The first-order chi connectivity index (χ1) is 11.8. The molecule has 0 fully saturated rings. The molecule has 142 valence electrons. The van der Waals surface area contributed by atoms with Crippen molar-refractivity contribution in [2.24, 2.45) is 0 Å². The van der Waals surface area contributed by atoms with Crippen molar-refractivity contribution in [3.63, 3.8) is 0 Å². The van der Waals surface area contributed by atoms with E-state index in [1.54, 1.807) is 53.7 Å². The maximum absolute atomic E-state index is 12.3. The van der Waals surface area contributed by atoms with Gasteiger partial charge in [-0.2, -0.15) is 0 Å². The second kappa shape index (κ2) is 6.97. The molecule has 0 N–H and O–H groups in total. The summed E-state index contributed by atoms with van der Waals surface area (Å²) in [6, 6.07) is 4.68. The zero-order chi connectivity index (χ0) is 19.7. The normalized spacial score (nSPS) is 14.5. The fourth-order valence-corrected chi connectivity index (χ4v) is 2.38. The Morgan fingerprint density at radius 3 is 2.15 bits per heavy atom. The first-order valence-corrected chi connectivity index (χ1v) is 8.39. The number of fused-ring (bicyclic) bond motifs is 1. The van der Waals surface area contributed by atoms with Gasteiger partial charge in [-0.3, -0.25) is 9.69 Å². The van der Waals surface area contributed by atoms with E-state index in [-0.39, 0.29) is 24.6 Å². The minimum Gasteiger partial charge on any atom is -0.444 e. The number of nitrogens with zero attached hydrogens (tertiary/aromatic N) is 1. The summed E-state index contributed by atoms with van der Waals surface area (Å²) in [6.45, 7) is 10.6. The summed E-state index contributed by atoms with van der Waals surface area (Å²) >= 11 is 0. The third-order valence-corrected chi connectivity index (χ3v) is 3.32. The van der Waals surface area contributed by atoms with Gasteiger partial charge in [0.1, 0.15) is 17.0 Å². The fraction of sp³-hybridized carbons (Fsp3) is 0.526. The van der Waals surface area contributed by atoms with Crippen molar-refractivity contribution in [3.8, 4) is 5.75 Å². The summed E-state index contributed by atoms with van der Waals surface area (Å²) in [5, 5.41) is 0. The van der Waals surface area contributed by atoms with Gasteiger partial charge < -0.3 is 14.2 Å². The standard InChI is InChI=1S/C19H25NO6/c1-18(2,3)25-16(22)20-10-12-9-13(7-8-14(12)15(21)11-20)24-17(23)26-19(4,5)6/h7-9H,10-11H2,1-6H3. The first-order valence-electron chi connectivity index (χ1n) is 8.39. The summed E-state index contributed by atoms with van der Waals surface area (Å²) < 4.78 is 15.6. The van der Waals surface area contributed by atoms with Crippen LogP contribution in [0.1, 0.15) is 57.5 Å². The molecule has 2 rings (SSSR count). The van der Waals surface area contributed by atoms with Crippen LogP contribution < -0.4 is 4.74 Å². The van der Waals surface area contributed by atoms with Crippen LogP contribution in [0.2, 0.25) is 0 Å². The van der Waals surface area contributed by atoms with Gasteiger partial charge in [-0.1, -0.05) is 0 Å². The van der Waals surface area contributed by atoms with E-state index < -0.39 is 23.5 Å². The SMILES string of the molecule is CC(C)(C)OC(=O)Oc1ccc2c(c1)CN(C(=O)OC(C)(C)C)CC2=O. The Morgan fingerprint density at radius 1 is 0.962 bits per heavy atom. The van der Waals surface area contributed by atoms with Gasteiger partial charge in [0.25, 0.3) is 0 Å². The Morgan fingerprint density at radius 2 is 1.58 bits per heavy atom. The Labute approximate surface area is 153 Å². The summed E-state index contributed by atoms with van der Waals surface area (Å²) in [7, 11) is 0. The molecule has 1 aromatic carbocycles. The van der Waals surface area contributed by atoms with Crippen molar-refractivity contribution in [1.82, 2.24) is 4.90 Å². The number of hydrogen-bond donors (Lipinski definition) is 0. The molecule has 7 heteroatoms. The van der Waals surface area contributed by atoms with E-state index >= 15 is 0 Å². The molecule has 0 aromatic heterocycles. The minimum atomic E-state index is -0.830. The molecule has 0 bridgehead atoms. The molecular formula is C19H25NO6. The quantitative estimate of drug-likeness (QED) is 0.555. The molecule has 1 heterocycles. The smallest absolute Gasteiger partial charge is 0.444 e. The van der Waals surface area contributed by atoms with Crippen LogP contribution in [0.3, 0.4) is 0 Å². The Hall–Kier alpha value is -2.57. The van der Waals surface area contributed by atoms with E-state index in [0.29, 0.717) is 11.1 Å². The van der Waals surface area contributed by atoms with E-state index in [4.69, 9.17) is 14.2 Å². The zero-order valence-electron chi connectivity index (χ0n) is 16.0. The van der Waals surface area contributed by atoms with Gasteiger partial charge in [0.2, 0.25) is 0 Å². The Kier molecular flexibility index (Phi) is 5.30. The highest BCUT2D eigenvalue weighted by molar-refractivity contribution is 6.01. The highest BCUT2D eigenvalue weighted by Gasteiger charge is 2.30. The van der Waals surface area contributed by atoms with Crippen LogP contribution in [0, 0.1) is 0 Å². The monoisotopic (exact) mass is 363 g/mol. The van der Waals surface area contributed by atoms with Crippen LogP contribution in [-0.2, 0) is 16.0 Å². The Bertz CT molecular complexity index is 727. The predicted molar refractivity (Wildman–Crippen MR) is 94.3 cm³/mol.